The number of carbonyl (C=O) groups excluding carboxylic acids is 2. The number of ether oxygens (including phenoxy) is 1. The van der Waals surface area contributed by atoms with Crippen molar-refractivity contribution in [2.75, 3.05) is 32.8 Å². The Labute approximate surface area is 143 Å². The first kappa shape index (κ1) is 18.7. The second-order valence-electron chi connectivity index (χ2n) is 7.04. The summed E-state index contributed by atoms with van der Waals surface area (Å²) < 4.78 is 5.75. The van der Waals surface area contributed by atoms with Crippen LogP contribution in [0.25, 0.3) is 0 Å². The Morgan fingerprint density at radius 2 is 2.08 bits per heavy atom. The zero-order valence-electron chi connectivity index (χ0n) is 15.4. The minimum atomic E-state index is -0.187. The summed E-state index contributed by atoms with van der Waals surface area (Å²) in [5, 5.41) is 2.93. The van der Waals surface area contributed by atoms with Crippen LogP contribution in [-0.2, 0) is 4.74 Å². The molecule has 1 saturated heterocycles. The van der Waals surface area contributed by atoms with E-state index in [-0.39, 0.29) is 17.8 Å². The van der Waals surface area contributed by atoms with E-state index in [9.17, 15) is 9.59 Å². The van der Waals surface area contributed by atoms with Crippen LogP contribution in [0.4, 0.5) is 0 Å². The molecule has 0 spiro atoms. The molecule has 2 N–H and O–H groups in total. The first-order valence-electron chi connectivity index (χ1n) is 8.61. The highest BCUT2D eigenvalue weighted by Gasteiger charge is 2.23. The van der Waals surface area contributed by atoms with Crippen molar-refractivity contribution >= 4 is 11.7 Å². The summed E-state index contributed by atoms with van der Waals surface area (Å²) in [4.78, 5) is 29.5. The van der Waals surface area contributed by atoms with Crippen LogP contribution < -0.4 is 5.32 Å². The number of nitrogens with one attached hydrogen (secondary N) is 2. The molecule has 6 nitrogen and oxygen atoms in total. The number of H-pyrrole nitrogens is 1. The van der Waals surface area contributed by atoms with Crippen LogP contribution in [0, 0.1) is 19.8 Å². The van der Waals surface area contributed by atoms with Gasteiger partial charge in [0, 0.05) is 37.4 Å². The molecular formula is C18H29N3O3. The zero-order valence-corrected chi connectivity index (χ0v) is 15.4. The number of morpholine rings is 1. The molecule has 6 heteroatoms. The van der Waals surface area contributed by atoms with Crippen molar-refractivity contribution in [3.05, 3.63) is 22.5 Å². The highest BCUT2D eigenvalue weighted by atomic mass is 16.5. The van der Waals surface area contributed by atoms with Crippen molar-refractivity contribution in [3.63, 3.8) is 0 Å². The van der Waals surface area contributed by atoms with E-state index in [0.717, 1.165) is 25.3 Å². The maximum atomic E-state index is 12.4. The highest BCUT2D eigenvalue weighted by Crippen LogP contribution is 2.18. The number of hydrogen-bond acceptors (Lipinski definition) is 4. The predicted molar refractivity (Wildman–Crippen MR) is 93.6 cm³/mol. The largest absolute Gasteiger partial charge is 0.374 e. The summed E-state index contributed by atoms with van der Waals surface area (Å²) in [5.41, 5.74) is 2.52. The van der Waals surface area contributed by atoms with Gasteiger partial charge in [-0.05, 0) is 32.3 Å². The number of amides is 1. The molecule has 134 valence electrons. The van der Waals surface area contributed by atoms with E-state index < -0.39 is 0 Å². The minimum Gasteiger partial charge on any atom is -0.374 e. The minimum absolute atomic E-state index is 0.00472. The Balaban J connectivity index is 1.94. The molecule has 1 aliphatic heterocycles. The van der Waals surface area contributed by atoms with Crippen LogP contribution in [0.3, 0.4) is 0 Å². The molecule has 0 aliphatic carbocycles. The molecular weight excluding hydrogens is 306 g/mol. The lowest BCUT2D eigenvalue weighted by atomic mass is 10.1. The quantitative estimate of drug-likeness (QED) is 0.779. The Hall–Kier alpha value is -1.66. The van der Waals surface area contributed by atoms with Gasteiger partial charge in [0.05, 0.1) is 12.7 Å². The Bertz CT molecular complexity index is 607. The third kappa shape index (κ3) is 4.45. The maximum absolute atomic E-state index is 12.4. The first-order valence-corrected chi connectivity index (χ1v) is 8.61. The lowest BCUT2D eigenvalue weighted by Crippen LogP contribution is -2.48. The predicted octanol–water partition coefficient (Wildman–Crippen LogP) is 1.92. The van der Waals surface area contributed by atoms with Crippen LogP contribution in [0.15, 0.2) is 0 Å². The van der Waals surface area contributed by atoms with Gasteiger partial charge in [0.1, 0.15) is 5.69 Å². The molecule has 1 aromatic rings. The Morgan fingerprint density at radius 3 is 2.67 bits per heavy atom. The third-order valence-electron chi connectivity index (χ3n) is 4.35. The van der Waals surface area contributed by atoms with Gasteiger partial charge in [-0.15, -0.1) is 0 Å². The van der Waals surface area contributed by atoms with E-state index in [1.54, 1.807) is 6.92 Å². The fourth-order valence-corrected chi connectivity index (χ4v) is 3.39. The normalized spacial score (nSPS) is 18.8. The van der Waals surface area contributed by atoms with Gasteiger partial charge < -0.3 is 15.0 Å². The molecule has 1 fully saturated rings. The summed E-state index contributed by atoms with van der Waals surface area (Å²) in [5.74, 6) is 0.404. The van der Waals surface area contributed by atoms with Gasteiger partial charge >= 0.3 is 0 Å². The fraction of sp³-hybridized carbons (Fsp3) is 0.667. The number of ketones is 1. The summed E-state index contributed by atoms with van der Waals surface area (Å²) in [6.07, 6.45) is 0.00472. The van der Waals surface area contributed by atoms with Gasteiger partial charge in [-0.2, -0.15) is 0 Å². The molecule has 1 aliphatic rings. The molecule has 1 aromatic heterocycles. The second-order valence-corrected chi connectivity index (χ2v) is 7.04. The van der Waals surface area contributed by atoms with E-state index >= 15 is 0 Å². The average molecular weight is 335 g/mol. The average Bonchev–Trinajstić information content (AvgIpc) is 2.79. The van der Waals surface area contributed by atoms with Crippen LogP contribution in [-0.4, -0.2) is 60.5 Å². The smallest absolute Gasteiger partial charge is 0.268 e. The van der Waals surface area contributed by atoms with E-state index in [0.29, 0.717) is 35.9 Å². The van der Waals surface area contributed by atoms with Crippen molar-refractivity contribution < 1.29 is 14.3 Å². The number of rotatable bonds is 6. The highest BCUT2D eigenvalue weighted by molar-refractivity contribution is 6.02. The summed E-state index contributed by atoms with van der Waals surface area (Å²) in [7, 11) is 0. The van der Waals surface area contributed by atoms with E-state index in [1.807, 2.05) is 6.92 Å². The van der Waals surface area contributed by atoms with Crippen LogP contribution in [0.2, 0.25) is 0 Å². The molecule has 0 saturated carbocycles. The monoisotopic (exact) mass is 335 g/mol. The van der Waals surface area contributed by atoms with Crippen molar-refractivity contribution in [2.45, 2.75) is 40.7 Å². The number of aryl methyl sites for hydroxylation is 1. The molecule has 1 atom stereocenters. The molecule has 0 radical (unpaired) electrons. The van der Waals surface area contributed by atoms with Crippen LogP contribution >= 0.6 is 0 Å². The lowest BCUT2D eigenvalue weighted by Gasteiger charge is -2.33. The SMILES string of the molecule is CC(=O)c1c(C)[nH]c(C(=O)NC[C@H]2CN(CC(C)C)CCO2)c1C. The number of Topliss-reactive ketones (excluding diaryl/α,β-unsaturated/α-hetero) is 1. The van der Waals surface area contributed by atoms with Gasteiger partial charge in [-0.3, -0.25) is 14.5 Å². The molecule has 0 bridgehead atoms. The summed E-state index contributed by atoms with van der Waals surface area (Å²) in [6.45, 7) is 13.5. The van der Waals surface area contributed by atoms with Crippen LogP contribution in [0.1, 0.15) is 52.9 Å². The fourth-order valence-electron chi connectivity index (χ4n) is 3.39. The summed E-state index contributed by atoms with van der Waals surface area (Å²) >= 11 is 0. The molecule has 0 unspecified atom stereocenters. The zero-order chi connectivity index (χ0) is 17.9. The number of aromatic nitrogens is 1. The van der Waals surface area contributed by atoms with Crippen molar-refractivity contribution in [3.8, 4) is 0 Å². The second kappa shape index (κ2) is 7.94. The number of nitrogens with zero attached hydrogens (tertiary/aromatic N) is 1. The maximum Gasteiger partial charge on any atom is 0.268 e. The van der Waals surface area contributed by atoms with Gasteiger partial charge in [0.2, 0.25) is 0 Å². The molecule has 24 heavy (non-hydrogen) atoms. The Morgan fingerprint density at radius 1 is 1.38 bits per heavy atom. The molecule has 2 rings (SSSR count). The number of hydrogen-bond donors (Lipinski definition) is 2. The van der Waals surface area contributed by atoms with Crippen molar-refractivity contribution in [1.29, 1.82) is 0 Å². The standard InChI is InChI=1S/C18H29N3O3/c1-11(2)9-21-6-7-24-15(10-21)8-19-18(23)17-12(3)16(14(5)22)13(4)20-17/h11,15,20H,6-10H2,1-5H3,(H,19,23)/t15-/m0/s1. The van der Waals surface area contributed by atoms with Gasteiger partial charge in [0.15, 0.2) is 5.78 Å². The van der Waals surface area contributed by atoms with E-state index in [1.165, 1.54) is 6.92 Å². The van der Waals surface area contributed by atoms with E-state index in [4.69, 9.17) is 4.74 Å². The molecule has 1 amide bonds. The van der Waals surface area contributed by atoms with Gasteiger partial charge in [-0.1, -0.05) is 13.8 Å². The third-order valence-corrected chi connectivity index (χ3v) is 4.35. The van der Waals surface area contributed by atoms with Crippen molar-refractivity contribution in [1.82, 2.24) is 15.2 Å². The summed E-state index contributed by atoms with van der Waals surface area (Å²) in [6, 6.07) is 0. The van der Waals surface area contributed by atoms with Gasteiger partial charge in [0.25, 0.3) is 5.91 Å². The molecule has 0 aromatic carbocycles. The van der Waals surface area contributed by atoms with Gasteiger partial charge in [-0.25, -0.2) is 0 Å². The first-order chi connectivity index (χ1) is 11.3. The Kier molecular flexibility index (Phi) is 6.18. The van der Waals surface area contributed by atoms with Crippen LogP contribution in [0.5, 0.6) is 0 Å². The topological polar surface area (TPSA) is 74.4 Å². The lowest BCUT2D eigenvalue weighted by molar-refractivity contribution is -0.0295. The van der Waals surface area contributed by atoms with E-state index in [2.05, 4.69) is 29.0 Å². The molecule has 2 heterocycles. The van der Waals surface area contributed by atoms with Crippen molar-refractivity contribution in [2.24, 2.45) is 5.92 Å². The number of aromatic amines is 1. The number of carbonyl (C=O) groups is 2.